The summed E-state index contributed by atoms with van der Waals surface area (Å²) in [5.74, 6) is 0. The Labute approximate surface area is 114 Å². The second-order valence-corrected chi connectivity index (χ2v) is 4.85. The Morgan fingerprint density at radius 3 is 1.84 bits per heavy atom. The van der Waals surface area contributed by atoms with Gasteiger partial charge in [0, 0.05) is 12.6 Å². The predicted molar refractivity (Wildman–Crippen MR) is 73.1 cm³/mol. The van der Waals surface area contributed by atoms with Crippen LogP contribution >= 0.6 is 0 Å². The third kappa shape index (κ3) is 6.58. The van der Waals surface area contributed by atoms with Gasteiger partial charge in [-0.1, -0.05) is 20.8 Å². The van der Waals surface area contributed by atoms with E-state index in [1.807, 2.05) is 0 Å². The SMILES string of the molecule is CCN(CC)CCCN(CC)C(C(C)N)C(F)(F)F. The van der Waals surface area contributed by atoms with Gasteiger partial charge in [-0.2, -0.15) is 13.2 Å². The fraction of sp³-hybridized carbons (Fsp3) is 1.00. The zero-order valence-electron chi connectivity index (χ0n) is 12.5. The maximum Gasteiger partial charge on any atom is 0.405 e. The molecule has 0 aliphatic rings. The molecule has 0 amide bonds. The first-order valence-electron chi connectivity index (χ1n) is 7.06. The number of nitrogens with two attached hydrogens (primary N) is 1. The van der Waals surface area contributed by atoms with Crippen LogP contribution in [-0.2, 0) is 0 Å². The predicted octanol–water partition coefficient (Wildman–Crippen LogP) is 2.32. The third-order valence-electron chi connectivity index (χ3n) is 3.45. The van der Waals surface area contributed by atoms with Crippen molar-refractivity contribution in [3.63, 3.8) is 0 Å². The summed E-state index contributed by atoms with van der Waals surface area (Å²) in [5.41, 5.74) is 5.51. The van der Waals surface area contributed by atoms with Gasteiger partial charge in [-0.05, 0) is 39.5 Å². The van der Waals surface area contributed by atoms with Crippen LogP contribution in [-0.4, -0.2) is 60.8 Å². The highest BCUT2D eigenvalue weighted by Crippen LogP contribution is 2.26. The molecular weight excluding hydrogens is 255 g/mol. The molecule has 19 heavy (non-hydrogen) atoms. The van der Waals surface area contributed by atoms with Gasteiger partial charge in [-0.3, -0.25) is 4.90 Å². The summed E-state index contributed by atoms with van der Waals surface area (Å²) in [6, 6.07) is -2.46. The average molecular weight is 283 g/mol. The molecule has 2 atom stereocenters. The Morgan fingerprint density at radius 1 is 1.00 bits per heavy atom. The molecular formula is C13H28F3N3. The van der Waals surface area contributed by atoms with Gasteiger partial charge in [0.2, 0.25) is 0 Å². The molecule has 0 aromatic rings. The first-order chi connectivity index (χ1) is 8.77. The summed E-state index contributed by atoms with van der Waals surface area (Å²) in [7, 11) is 0. The van der Waals surface area contributed by atoms with E-state index in [4.69, 9.17) is 5.73 Å². The van der Waals surface area contributed by atoms with E-state index in [9.17, 15) is 13.2 Å². The van der Waals surface area contributed by atoms with Gasteiger partial charge in [-0.25, -0.2) is 0 Å². The molecule has 2 N–H and O–H groups in total. The molecule has 2 unspecified atom stereocenters. The van der Waals surface area contributed by atoms with Crippen LogP contribution in [0.15, 0.2) is 0 Å². The Hall–Kier alpha value is -0.330. The quantitative estimate of drug-likeness (QED) is 0.705. The van der Waals surface area contributed by atoms with Gasteiger partial charge in [0.25, 0.3) is 0 Å². The van der Waals surface area contributed by atoms with E-state index in [0.717, 1.165) is 26.1 Å². The van der Waals surface area contributed by atoms with Crippen molar-refractivity contribution >= 4 is 0 Å². The van der Waals surface area contributed by atoms with Gasteiger partial charge >= 0.3 is 6.18 Å². The minimum absolute atomic E-state index is 0.365. The lowest BCUT2D eigenvalue weighted by atomic mass is 10.1. The van der Waals surface area contributed by atoms with Gasteiger partial charge in [0.15, 0.2) is 0 Å². The maximum atomic E-state index is 13.0. The lowest BCUT2D eigenvalue weighted by Crippen LogP contribution is -2.55. The monoisotopic (exact) mass is 283 g/mol. The fourth-order valence-electron chi connectivity index (χ4n) is 2.37. The lowest BCUT2D eigenvalue weighted by molar-refractivity contribution is -0.187. The van der Waals surface area contributed by atoms with Crippen LogP contribution in [0.5, 0.6) is 0 Å². The zero-order chi connectivity index (χ0) is 15.1. The van der Waals surface area contributed by atoms with Crippen LogP contribution in [0, 0.1) is 0 Å². The normalized spacial score (nSPS) is 16.1. The van der Waals surface area contributed by atoms with Crippen molar-refractivity contribution in [1.82, 2.24) is 9.80 Å². The standard InChI is InChI=1S/C13H28F3N3/c1-5-18(6-2)9-8-10-19(7-3)12(11(4)17)13(14,15)16/h11-12H,5-10,17H2,1-4H3. The van der Waals surface area contributed by atoms with Crippen molar-refractivity contribution in [2.75, 3.05) is 32.7 Å². The number of nitrogens with zero attached hydrogens (tertiary/aromatic N) is 2. The zero-order valence-corrected chi connectivity index (χ0v) is 12.5. The van der Waals surface area contributed by atoms with Crippen molar-refractivity contribution in [1.29, 1.82) is 0 Å². The average Bonchev–Trinajstić information content (AvgIpc) is 2.30. The number of alkyl halides is 3. The lowest BCUT2D eigenvalue weighted by Gasteiger charge is -2.35. The Morgan fingerprint density at radius 2 is 1.53 bits per heavy atom. The Kier molecular flexibility index (Phi) is 8.61. The Balaban J connectivity index is 4.46. The molecule has 0 fully saturated rings. The van der Waals surface area contributed by atoms with Crippen LogP contribution in [0.4, 0.5) is 13.2 Å². The molecule has 0 radical (unpaired) electrons. The second kappa shape index (κ2) is 8.76. The summed E-state index contributed by atoms with van der Waals surface area (Å²) in [6.45, 7) is 10.8. The third-order valence-corrected chi connectivity index (χ3v) is 3.45. The van der Waals surface area contributed by atoms with E-state index in [1.165, 1.54) is 11.8 Å². The van der Waals surface area contributed by atoms with Crippen LogP contribution in [0.25, 0.3) is 0 Å². The van der Waals surface area contributed by atoms with Gasteiger partial charge in [0.1, 0.15) is 6.04 Å². The van der Waals surface area contributed by atoms with E-state index in [0.29, 0.717) is 13.1 Å². The van der Waals surface area contributed by atoms with Gasteiger partial charge in [-0.15, -0.1) is 0 Å². The van der Waals surface area contributed by atoms with Crippen LogP contribution in [0.2, 0.25) is 0 Å². The highest BCUT2D eigenvalue weighted by Gasteiger charge is 2.45. The van der Waals surface area contributed by atoms with Gasteiger partial charge in [0.05, 0.1) is 0 Å². The van der Waals surface area contributed by atoms with E-state index in [2.05, 4.69) is 18.7 Å². The van der Waals surface area contributed by atoms with Crippen molar-refractivity contribution < 1.29 is 13.2 Å². The first kappa shape index (κ1) is 18.7. The smallest absolute Gasteiger partial charge is 0.326 e. The second-order valence-electron chi connectivity index (χ2n) is 4.85. The number of likely N-dealkylation sites (N-methyl/N-ethyl adjacent to an activating group) is 1. The summed E-state index contributed by atoms with van der Waals surface area (Å²) < 4.78 is 39.0. The molecule has 116 valence electrons. The summed E-state index contributed by atoms with van der Waals surface area (Å²) in [5, 5.41) is 0. The van der Waals surface area contributed by atoms with E-state index in [-0.39, 0.29) is 0 Å². The maximum absolute atomic E-state index is 13.0. The molecule has 0 aromatic carbocycles. The molecule has 0 aliphatic carbocycles. The summed E-state index contributed by atoms with van der Waals surface area (Å²) in [6.07, 6.45) is -3.53. The molecule has 0 saturated carbocycles. The van der Waals surface area contributed by atoms with Crippen molar-refractivity contribution in [3.8, 4) is 0 Å². The highest BCUT2D eigenvalue weighted by molar-refractivity contribution is 4.85. The Bertz CT molecular complexity index is 228. The molecule has 0 heterocycles. The summed E-state index contributed by atoms with van der Waals surface area (Å²) in [4.78, 5) is 3.65. The van der Waals surface area contributed by atoms with Crippen LogP contribution in [0.3, 0.4) is 0 Å². The van der Waals surface area contributed by atoms with Gasteiger partial charge < -0.3 is 10.6 Å². The molecule has 0 saturated heterocycles. The van der Waals surface area contributed by atoms with E-state index < -0.39 is 18.3 Å². The van der Waals surface area contributed by atoms with E-state index in [1.54, 1.807) is 6.92 Å². The van der Waals surface area contributed by atoms with Crippen LogP contribution < -0.4 is 5.73 Å². The minimum Gasteiger partial charge on any atom is -0.326 e. The number of hydrogen-bond donors (Lipinski definition) is 1. The molecule has 0 rings (SSSR count). The molecule has 6 heteroatoms. The number of hydrogen-bond acceptors (Lipinski definition) is 3. The van der Waals surface area contributed by atoms with Crippen molar-refractivity contribution in [2.24, 2.45) is 5.73 Å². The molecule has 3 nitrogen and oxygen atoms in total. The van der Waals surface area contributed by atoms with E-state index >= 15 is 0 Å². The molecule has 0 aromatic heterocycles. The molecule has 0 aliphatic heterocycles. The van der Waals surface area contributed by atoms with Crippen LogP contribution in [0.1, 0.15) is 34.1 Å². The number of rotatable bonds is 9. The fourth-order valence-corrected chi connectivity index (χ4v) is 2.37. The van der Waals surface area contributed by atoms with Crippen molar-refractivity contribution in [3.05, 3.63) is 0 Å². The van der Waals surface area contributed by atoms with Crippen molar-refractivity contribution in [2.45, 2.75) is 52.4 Å². The highest BCUT2D eigenvalue weighted by atomic mass is 19.4. The number of halogens is 3. The minimum atomic E-state index is -4.26. The molecule has 0 spiro atoms. The summed E-state index contributed by atoms with van der Waals surface area (Å²) >= 11 is 0. The first-order valence-corrected chi connectivity index (χ1v) is 7.06. The molecule has 0 bridgehead atoms. The topological polar surface area (TPSA) is 32.5 Å². The largest absolute Gasteiger partial charge is 0.405 e.